The predicted octanol–water partition coefficient (Wildman–Crippen LogP) is 3.48. The van der Waals surface area contributed by atoms with Gasteiger partial charge in [0.05, 0.1) is 0 Å². The van der Waals surface area contributed by atoms with E-state index in [4.69, 9.17) is 16.3 Å². The van der Waals surface area contributed by atoms with E-state index < -0.39 is 0 Å². The van der Waals surface area contributed by atoms with Gasteiger partial charge < -0.3 is 10.1 Å². The molecule has 2 aromatic rings. The lowest BCUT2D eigenvalue weighted by Gasteiger charge is -2.10. The first-order chi connectivity index (χ1) is 8.33. The van der Waals surface area contributed by atoms with E-state index in [0.29, 0.717) is 6.61 Å². The van der Waals surface area contributed by atoms with Crippen LogP contribution in [0.5, 0.6) is 5.75 Å². The van der Waals surface area contributed by atoms with Crippen molar-refractivity contribution in [1.29, 1.82) is 0 Å². The van der Waals surface area contributed by atoms with E-state index in [1.807, 2.05) is 36.4 Å². The van der Waals surface area contributed by atoms with Gasteiger partial charge in [0.25, 0.3) is 0 Å². The van der Waals surface area contributed by atoms with Gasteiger partial charge in [-0.3, -0.25) is 0 Å². The molecule has 2 aromatic carbocycles. The number of nitrogens with one attached hydrogen (secondary N) is 1. The van der Waals surface area contributed by atoms with Crippen LogP contribution < -0.4 is 10.1 Å². The van der Waals surface area contributed by atoms with Crippen LogP contribution >= 0.6 is 11.6 Å². The first-order valence-electron chi connectivity index (χ1n) is 5.83. The summed E-state index contributed by atoms with van der Waals surface area (Å²) in [6, 6.07) is 11.8. The Hall–Kier alpha value is -1.25. The van der Waals surface area contributed by atoms with Crippen molar-refractivity contribution in [1.82, 2.24) is 5.32 Å². The van der Waals surface area contributed by atoms with Crippen molar-refractivity contribution >= 4 is 22.4 Å². The molecular formula is C14H16ClNO. The second-order valence-corrected chi connectivity index (χ2v) is 4.20. The van der Waals surface area contributed by atoms with Crippen LogP contribution in [0.2, 0.25) is 5.02 Å². The summed E-state index contributed by atoms with van der Waals surface area (Å²) < 4.78 is 5.76. The number of likely N-dealkylation sites (N-methyl/N-ethyl adjacent to an activating group) is 1. The van der Waals surface area contributed by atoms with Gasteiger partial charge in [-0.15, -0.1) is 0 Å². The lowest BCUT2D eigenvalue weighted by Crippen LogP contribution is -2.20. The Morgan fingerprint density at radius 3 is 2.65 bits per heavy atom. The lowest BCUT2D eigenvalue weighted by atomic mass is 10.1. The molecule has 0 spiro atoms. The van der Waals surface area contributed by atoms with Gasteiger partial charge in [0.15, 0.2) is 0 Å². The van der Waals surface area contributed by atoms with Crippen molar-refractivity contribution in [2.24, 2.45) is 0 Å². The molecule has 2 rings (SSSR count). The summed E-state index contributed by atoms with van der Waals surface area (Å²) in [6.45, 7) is 4.56. The summed E-state index contributed by atoms with van der Waals surface area (Å²) in [5, 5.41) is 6.09. The first kappa shape index (κ1) is 12.2. The number of hydrogen-bond acceptors (Lipinski definition) is 2. The molecule has 0 unspecified atom stereocenters. The number of benzene rings is 2. The van der Waals surface area contributed by atoms with Gasteiger partial charge in [0, 0.05) is 22.3 Å². The smallest absolute Gasteiger partial charge is 0.127 e. The molecular weight excluding hydrogens is 234 g/mol. The molecule has 2 nitrogen and oxygen atoms in total. The zero-order valence-corrected chi connectivity index (χ0v) is 10.6. The van der Waals surface area contributed by atoms with Crippen LogP contribution in [0.25, 0.3) is 10.8 Å². The first-order valence-corrected chi connectivity index (χ1v) is 6.21. The zero-order chi connectivity index (χ0) is 12.1. The average molecular weight is 250 g/mol. The molecule has 0 heterocycles. The third kappa shape index (κ3) is 2.90. The van der Waals surface area contributed by atoms with Gasteiger partial charge in [-0.25, -0.2) is 0 Å². The van der Waals surface area contributed by atoms with Crippen LogP contribution in [-0.4, -0.2) is 19.7 Å². The van der Waals surface area contributed by atoms with Crippen LogP contribution in [0.1, 0.15) is 6.92 Å². The number of hydrogen-bond donors (Lipinski definition) is 1. The monoisotopic (exact) mass is 249 g/mol. The van der Waals surface area contributed by atoms with Gasteiger partial charge in [-0.2, -0.15) is 0 Å². The van der Waals surface area contributed by atoms with Crippen molar-refractivity contribution < 1.29 is 4.74 Å². The summed E-state index contributed by atoms with van der Waals surface area (Å²) >= 11 is 6.14. The molecule has 0 bridgehead atoms. The summed E-state index contributed by atoms with van der Waals surface area (Å²) in [5.41, 5.74) is 0. The fourth-order valence-corrected chi connectivity index (χ4v) is 2.00. The Morgan fingerprint density at radius 2 is 1.88 bits per heavy atom. The molecule has 0 aliphatic heterocycles. The minimum Gasteiger partial charge on any atom is -0.492 e. The second kappa shape index (κ2) is 5.89. The molecule has 0 aliphatic carbocycles. The van der Waals surface area contributed by atoms with Gasteiger partial charge in [0.2, 0.25) is 0 Å². The highest BCUT2D eigenvalue weighted by Gasteiger charge is 2.04. The third-order valence-corrected chi connectivity index (χ3v) is 2.95. The molecule has 0 aromatic heterocycles. The Kier molecular flexibility index (Phi) is 4.24. The minimum atomic E-state index is 0.666. The second-order valence-electron chi connectivity index (χ2n) is 3.79. The summed E-state index contributed by atoms with van der Waals surface area (Å²) in [6.07, 6.45) is 0. The maximum absolute atomic E-state index is 6.14. The van der Waals surface area contributed by atoms with Crippen molar-refractivity contribution in [3.05, 3.63) is 41.4 Å². The van der Waals surface area contributed by atoms with Gasteiger partial charge in [-0.1, -0.05) is 42.8 Å². The number of fused-ring (bicyclic) bond motifs is 1. The summed E-state index contributed by atoms with van der Waals surface area (Å²) in [4.78, 5) is 0. The van der Waals surface area contributed by atoms with Crippen LogP contribution in [0.15, 0.2) is 36.4 Å². The van der Waals surface area contributed by atoms with Crippen molar-refractivity contribution in [2.75, 3.05) is 19.7 Å². The van der Waals surface area contributed by atoms with Crippen LogP contribution in [0, 0.1) is 0 Å². The molecule has 0 fully saturated rings. The number of ether oxygens (including phenoxy) is 1. The van der Waals surface area contributed by atoms with Crippen molar-refractivity contribution in [3.63, 3.8) is 0 Å². The van der Waals surface area contributed by atoms with E-state index in [1.165, 1.54) is 0 Å². The molecule has 0 aliphatic rings. The SMILES string of the molecule is CCNCCOc1ccc(Cl)c2ccccc12. The molecule has 0 atom stereocenters. The number of halogens is 1. The molecule has 17 heavy (non-hydrogen) atoms. The standard InChI is InChI=1S/C14H16ClNO/c1-2-16-9-10-17-14-8-7-13(15)11-5-3-4-6-12(11)14/h3-8,16H,2,9-10H2,1H3. The Labute approximate surface area is 107 Å². The highest BCUT2D eigenvalue weighted by atomic mass is 35.5. The molecule has 3 heteroatoms. The maximum Gasteiger partial charge on any atom is 0.127 e. The molecule has 0 saturated carbocycles. The van der Waals surface area contributed by atoms with E-state index in [-0.39, 0.29) is 0 Å². The Balaban J connectivity index is 2.20. The van der Waals surface area contributed by atoms with Crippen molar-refractivity contribution in [3.8, 4) is 5.75 Å². The van der Waals surface area contributed by atoms with Crippen LogP contribution in [0.4, 0.5) is 0 Å². The quantitative estimate of drug-likeness (QED) is 0.820. The maximum atomic E-state index is 6.14. The zero-order valence-electron chi connectivity index (χ0n) is 9.87. The number of rotatable bonds is 5. The lowest BCUT2D eigenvalue weighted by molar-refractivity contribution is 0.319. The fraction of sp³-hybridized carbons (Fsp3) is 0.286. The van der Waals surface area contributed by atoms with E-state index >= 15 is 0 Å². The van der Waals surface area contributed by atoms with E-state index in [1.54, 1.807) is 0 Å². The molecule has 0 amide bonds. The van der Waals surface area contributed by atoms with E-state index in [9.17, 15) is 0 Å². The molecule has 0 saturated heterocycles. The van der Waals surface area contributed by atoms with Crippen LogP contribution in [0.3, 0.4) is 0 Å². The van der Waals surface area contributed by atoms with E-state index in [2.05, 4.69) is 12.2 Å². The predicted molar refractivity (Wildman–Crippen MR) is 73.0 cm³/mol. The topological polar surface area (TPSA) is 21.3 Å². The normalized spacial score (nSPS) is 10.7. The Bertz CT molecular complexity index is 499. The highest BCUT2D eigenvalue weighted by Crippen LogP contribution is 2.31. The summed E-state index contributed by atoms with van der Waals surface area (Å²) in [5.74, 6) is 0.892. The molecule has 90 valence electrons. The van der Waals surface area contributed by atoms with Gasteiger partial charge >= 0.3 is 0 Å². The fourth-order valence-electron chi connectivity index (χ4n) is 1.77. The van der Waals surface area contributed by atoms with Crippen LogP contribution in [-0.2, 0) is 0 Å². The van der Waals surface area contributed by atoms with E-state index in [0.717, 1.165) is 34.6 Å². The highest BCUT2D eigenvalue weighted by molar-refractivity contribution is 6.35. The average Bonchev–Trinajstić information content (AvgIpc) is 2.37. The largest absolute Gasteiger partial charge is 0.492 e. The van der Waals surface area contributed by atoms with Gasteiger partial charge in [0.1, 0.15) is 12.4 Å². The molecule has 1 N–H and O–H groups in total. The third-order valence-electron chi connectivity index (χ3n) is 2.62. The summed E-state index contributed by atoms with van der Waals surface area (Å²) in [7, 11) is 0. The van der Waals surface area contributed by atoms with Crippen molar-refractivity contribution in [2.45, 2.75) is 6.92 Å². The molecule has 0 radical (unpaired) electrons. The van der Waals surface area contributed by atoms with Gasteiger partial charge in [-0.05, 0) is 18.7 Å². The Morgan fingerprint density at radius 1 is 1.12 bits per heavy atom. The minimum absolute atomic E-state index is 0.666.